The molecule has 1 aliphatic rings. The first-order chi connectivity index (χ1) is 13.7. The Morgan fingerprint density at radius 1 is 1.28 bits per heavy atom. The molecular formula is C19H21FN2O5S2. The van der Waals surface area contributed by atoms with Crippen LogP contribution in [0.1, 0.15) is 27.7 Å². The Hall–Kier alpha value is -2.30. The van der Waals surface area contributed by atoms with Gasteiger partial charge in [0.1, 0.15) is 16.6 Å². The number of rotatable bonds is 6. The number of esters is 1. The predicted octanol–water partition coefficient (Wildman–Crippen LogP) is 2.46. The lowest BCUT2D eigenvalue weighted by Crippen LogP contribution is -2.30. The van der Waals surface area contributed by atoms with Gasteiger partial charge in [0.2, 0.25) is 5.91 Å². The van der Waals surface area contributed by atoms with E-state index in [1.165, 1.54) is 18.4 Å². The number of sulfone groups is 1. The molecule has 29 heavy (non-hydrogen) atoms. The fourth-order valence-corrected chi connectivity index (χ4v) is 5.62. The van der Waals surface area contributed by atoms with Crippen LogP contribution in [-0.4, -0.2) is 51.1 Å². The van der Waals surface area contributed by atoms with Gasteiger partial charge in [0.15, 0.2) is 9.84 Å². The lowest BCUT2D eigenvalue weighted by molar-refractivity contribution is -0.113. The van der Waals surface area contributed by atoms with Gasteiger partial charge in [-0.25, -0.2) is 17.6 Å². The highest BCUT2D eigenvalue weighted by Crippen LogP contribution is 2.37. The van der Waals surface area contributed by atoms with Crippen LogP contribution in [0.25, 0.3) is 0 Å². The fraction of sp³-hybridized carbons (Fsp3) is 0.368. The molecular weight excluding hydrogens is 419 g/mol. The van der Waals surface area contributed by atoms with Crippen molar-refractivity contribution in [3.05, 3.63) is 46.1 Å². The number of thiophene rings is 1. The van der Waals surface area contributed by atoms with Crippen molar-refractivity contribution in [1.29, 1.82) is 0 Å². The lowest BCUT2D eigenvalue weighted by Gasteiger charge is -2.25. The van der Waals surface area contributed by atoms with Crippen molar-refractivity contribution in [1.82, 2.24) is 4.90 Å². The van der Waals surface area contributed by atoms with E-state index >= 15 is 0 Å². The van der Waals surface area contributed by atoms with Crippen molar-refractivity contribution in [2.75, 3.05) is 31.3 Å². The molecule has 0 radical (unpaired) electrons. The number of hydrogen-bond acceptors (Lipinski definition) is 7. The van der Waals surface area contributed by atoms with Crippen molar-refractivity contribution in [2.45, 2.75) is 24.8 Å². The van der Waals surface area contributed by atoms with Gasteiger partial charge in [0, 0.05) is 18.0 Å². The zero-order valence-electron chi connectivity index (χ0n) is 16.0. The van der Waals surface area contributed by atoms with E-state index in [0.717, 1.165) is 47.8 Å². The smallest absolute Gasteiger partial charge is 0.341 e. The van der Waals surface area contributed by atoms with E-state index in [4.69, 9.17) is 4.74 Å². The monoisotopic (exact) mass is 440 g/mol. The summed E-state index contributed by atoms with van der Waals surface area (Å²) in [7, 11) is -2.69. The van der Waals surface area contributed by atoms with Crippen LogP contribution in [0.2, 0.25) is 0 Å². The number of methoxy groups -OCH3 is 1. The van der Waals surface area contributed by atoms with Gasteiger partial charge in [0.25, 0.3) is 0 Å². The van der Waals surface area contributed by atoms with Gasteiger partial charge < -0.3 is 10.1 Å². The van der Waals surface area contributed by atoms with Crippen LogP contribution in [0, 0.1) is 5.82 Å². The van der Waals surface area contributed by atoms with E-state index < -0.39 is 33.3 Å². The summed E-state index contributed by atoms with van der Waals surface area (Å²) >= 11 is 1.26. The molecule has 156 valence electrons. The second-order valence-corrected chi connectivity index (χ2v) is 9.67. The molecule has 1 aliphatic heterocycles. The minimum Gasteiger partial charge on any atom is -0.465 e. The van der Waals surface area contributed by atoms with Gasteiger partial charge in [-0.1, -0.05) is 6.92 Å². The molecule has 7 nitrogen and oxygen atoms in total. The average molecular weight is 441 g/mol. The number of fused-ring (bicyclic) bond motifs is 1. The Balaban J connectivity index is 1.84. The van der Waals surface area contributed by atoms with Crippen molar-refractivity contribution in [3.8, 4) is 0 Å². The highest BCUT2D eigenvalue weighted by Gasteiger charge is 2.29. The standard InChI is InChI=1S/C19H21FN2O5S2/c1-3-22-9-8-14-15(10-22)28-18(17(14)19(24)27-2)21-16(23)11-29(25,26)13-6-4-12(20)5-7-13/h4-7H,3,8-11H2,1-2H3,(H,21,23). The van der Waals surface area contributed by atoms with E-state index in [1.807, 2.05) is 6.92 Å². The summed E-state index contributed by atoms with van der Waals surface area (Å²) in [5.41, 5.74) is 1.12. The maximum absolute atomic E-state index is 13.0. The lowest BCUT2D eigenvalue weighted by atomic mass is 10.0. The Labute approximate surface area is 172 Å². The van der Waals surface area contributed by atoms with Crippen LogP contribution in [0.3, 0.4) is 0 Å². The van der Waals surface area contributed by atoms with Gasteiger partial charge in [-0.05, 0) is 42.8 Å². The highest BCUT2D eigenvalue weighted by molar-refractivity contribution is 7.92. The number of likely N-dealkylation sites (N-methyl/N-ethyl adjacent to an activating group) is 1. The summed E-state index contributed by atoms with van der Waals surface area (Å²) < 4.78 is 42.7. The van der Waals surface area contributed by atoms with Gasteiger partial charge in [0.05, 0.1) is 17.6 Å². The number of benzene rings is 1. The number of nitrogens with one attached hydrogen (secondary N) is 1. The predicted molar refractivity (Wildman–Crippen MR) is 107 cm³/mol. The van der Waals surface area contributed by atoms with Crippen molar-refractivity contribution >= 4 is 38.1 Å². The van der Waals surface area contributed by atoms with E-state index in [0.29, 0.717) is 18.0 Å². The maximum atomic E-state index is 13.0. The molecule has 0 saturated carbocycles. The molecule has 0 unspecified atom stereocenters. The average Bonchev–Trinajstić information content (AvgIpc) is 3.03. The fourth-order valence-electron chi connectivity index (χ4n) is 3.19. The number of carbonyl (C=O) groups excluding carboxylic acids is 2. The normalized spacial score (nSPS) is 14.3. The Morgan fingerprint density at radius 2 is 1.97 bits per heavy atom. The first kappa shape index (κ1) is 21.4. The van der Waals surface area contributed by atoms with Gasteiger partial charge in [-0.3, -0.25) is 9.69 Å². The van der Waals surface area contributed by atoms with Gasteiger partial charge in [-0.2, -0.15) is 0 Å². The first-order valence-electron chi connectivity index (χ1n) is 8.98. The number of hydrogen-bond donors (Lipinski definition) is 1. The number of amides is 1. The highest BCUT2D eigenvalue weighted by atomic mass is 32.2. The molecule has 1 amide bonds. The first-order valence-corrected chi connectivity index (χ1v) is 11.5. The summed E-state index contributed by atoms with van der Waals surface area (Å²) in [6.45, 7) is 4.35. The summed E-state index contributed by atoms with van der Waals surface area (Å²) in [4.78, 5) is 27.8. The molecule has 0 aliphatic carbocycles. The van der Waals surface area contributed by atoms with Crippen molar-refractivity contribution in [3.63, 3.8) is 0 Å². The van der Waals surface area contributed by atoms with Crippen LogP contribution in [0.4, 0.5) is 9.39 Å². The van der Waals surface area contributed by atoms with Gasteiger partial charge in [-0.15, -0.1) is 11.3 Å². The number of nitrogens with zero attached hydrogens (tertiary/aromatic N) is 1. The van der Waals surface area contributed by atoms with Crippen molar-refractivity contribution in [2.24, 2.45) is 0 Å². The minimum absolute atomic E-state index is 0.147. The van der Waals surface area contributed by atoms with Gasteiger partial charge >= 0.3 is 5.97 Å². The Kier molecular flexibility index (Phi) is 6.35. The van der Waals surface area contributed by atoms with E-state index in [2.05, 4.69) is 10.2 Å². The minimum atomic E-state index is -3.95. The Bertz CT molecular complexity index is 1030. The zero-order chi connectivity index (χ0) is 21.2. The third kappa shape index (κ3) is 4.65. The molecule has 10 heteroatoms. The molecule has 0 spiro atoms. The molecule has 1 aromatic heterocycles. The van der Waals surface area contributed by atoms with Crippen LogP contribution in [0.15, 0.2) is 29.2 Å². The second kappa shape index (κ2) is 8.60. The van der Waals surface area contributed by atoms with Crippen LogP contribution >= 0.6 is 11.3 Å². The summed E-state index contributed by atoms with van der Waals surface area (Å²) in [6, 6.07) is 4.27. The third-order valence-electron chi connectivity index (χ3n) is 4.72. The number of ether oxygens (including phenoxy) is 1. The molecule has 0 saturated heterocycles. The molecule has 0 bridgehead atoms. The zero-order valence-corrected chi connectivity index (χ0v) is 17.7. The van der Waals surface area contributed by atoms with E-state index in [1.54, 1.807) is 0 Å². The number of carbonyl (C=O) groups is 2. The van der Waals surface area contributed by atoms with Crippen LogP contribution < -0.4 is 5.32 Å². The SMILES string of the molecule is CCN1CCc2c(sc(NC(=O)CS(=O)(=O)c3ccc(F)cc3)c2C(=O)OC)C1. The van der Waals surface area contributed by atoms with Crippen molar-refractivity contribution < 1.29 is 27.1 Å². The summed E-state index contributed by atoms with van der Waals surface area (Å²) in [5.74, 6) is -2.72. The van der Waals surface area contributed by atoms with Crippen LogP contribution in [-0.2, 0) is 32.3 Å². The maximum Gasteiger partial charge on any atom is 0.341 e. The third-order valence-corrected chi connectivity index (χ3v) is 7.48. The molecule has 0 fully saturated rings. The number of halogens is 1. The Morgan fingerprint density at radius 3 is 2.59 bits per heavy atom. The molecule has 0 atom stereocenters. The van der Waals surface area contributed by atoms with E-state index in [-0.39, 0.29) is 10.5 Å². The molecule has 3 rings (SSSR count). The second-order valence-electron chi connectivity index (χ2n) is 6.58. The summed E-state index contributed by atoms with van der Waals surface area (Å²) in [6.07, 6.45) is 0.647. The quantitative estimate of drug-likeness (QED) is 0.548. The molecule has 2 aromatic rings. The topological polar surface area (TPSA) is 92.8 Å². The molecule has 1 aromatic carbocycles. The largest absolute Gasteiger partial charge is 0.465 e. The van der Waals surface area contributed by atoms with Crippen LogP contribution in [0.5, 0.6) is 0 Å². The van der Waals surface area contributed by atoms with E-state index in [9.17, 15) is 22.4 Å². The summed E-state index contributed by atoms with van der Waals surface area (Å²) in [5, 5.41) is 2.85. The molecule has 1 N–H and O–H groups in total. The number of anilines is 1. The molecule has 2 heterocycles.